The monoisotopic (exact) mass is 589 g/mol. The van der Waals surface area contributed by atoms with Gasteiger partial charge in [0, 0.05) is 0 Å². The summed E-state index contributed by atoms with van der Waals surface area (Å²) in [5, 5.41) is 13.6. The number of rotatable bonds is 0. The van der Waals surface area contributed by atoms with E-state index in [2.05, 4.69) is 0 Å². The van der Waals surface area contributed by atoms with Crippen molar-refractivity contribution >= 4 is 69.9 Å². The molecule has 0 aromatic carbocycles. The van der Waals surface area contributed by atoms with Gasteiger partial charge in [0.2, 0.25) is 0 Å². The van der Waals surface area contributed by atoms with E-state index in [-0.39, 0.29) is 26.2 Å². The van der Waals surface area contributed by atoms with Gasteiger partial charge in [0.25, 0.3) is 5.09 Å². The Hall–Kier alpha value is 1.84. The van der Waals surface area contributed by atoms with E-state index in [9.17, 15) is 0 Å². The second-order valence-corrected chi connectivity index (χ2v) is 15.4. The molecule has 0 aliphatic carbocycles. The molecule has 0 saturated heterocycles. The third-order valence-electron chi connectivity index (χ3n) is 0. The molecule has 1 N–H and O–H groups in total. The summed E-state index contributed by atoms with van der Waals surface area (Å²) in [6, 6.07) is 0. The van der Waals surface area contributed by atoms with Crippen LogP contribution in [-0.2, 0) is 0 Å². The first-order valence-corrected chi connectivity index (χ1v) is 13.9. The second-order valence-electron chi connectivity index (χ2n) is 0.429. The Morgan fingerprint density at radius 3 is 1.44 bits per heavy atom. The van der Waals surface area contributed by atoms with Crippen molar-refractivity contribution in [2.45, 2.75) is 0 Å². The zero-order chi connectivity index (χ0) is 7.15. The van der Waals surface area contributed by atoms with Crippen molar-refractivity contribution in [2.24, 2.45) is 0 Å². The molecule has 58 valence electrons. The van der Waals surface area contributed by atoms with Crippen LogP contribution in [0.4, 0.5) is 0 Å². The van der Waals surface area contributed by atoms with Crippen molar-refractivity contribution in [3.8, 4) is 0 Å². The van der Waals surface area contributed by atoms with Crippen LogP contribution >= 0.6 is 25.5 Å². The zero-order valence-electron chi connectivity index (χ0n) is 4.00. The van der Waals surface area contributed by atoms with Gasteiger partial charge in [0.1, 0.15) is 0 Å². The van der Waals surface area contributed by atoms with Gasteiger partial charge in [-0.15, -0.1) is 10.1 Å². The Labute approximate surface area is 89.0 Å². The molecule has 0 heterocycles. The fraction of sp³-hybridized carbons (Fsp3) is 0. The van der Waals surface area contributed by atoms with Crippen LogP contribution < -0.4 is 0 Å². The third-order valence-corrected chi connectivity index (χ3v) is 0. The molecule has 9 heteroatoms. The summed E-state index contributed by atoms with van der Waals surface area (Å²) in [6.07, 6.45) is 0. The molecule has 0 rings (SSSR count). The molecule has 0 fully saturated rings. The second kappa shape index (κ2) is 12.5. The van der Waals surface area contributed by atoms with Crippen LogP contribution in [0, 0.1) is 10.1 Å². The first-order valence-electron chi connectivity index (χ1n) is 1.07. The van der Waals surface area contributed by atoms with E-state index in [1.165, 1.54) is 0 Å². The van der Waals surface area contributed by atoms with E-state index < -0.39 is 23.3 Å². The summed E-state index contributed by atoms with van der Waals surface area (Å²) in [5.41, 5.74) is 0. The standard InChI is InChI=1S/2Bi.3ClH.HNO3.3H/c;;;;;2-1(3)4;;;/h;;3*1H;(H,2,3,4);;;/q;+3;;;;;;;/p-3. The number of halogens is 3. The van der Waals surface area contributed by atoms with Gasteiger partial charge in [0.05, 0.1) is 0 Å². The number of nitrogens with zero attached hydrogens (tertiary/aromatic N) is 1. The minimum atomic E-state index is -2.18. The predicted octanol–water partition coefficient (Wildman–Crippen LogP) is 0.156. The van der Waals surface area contributed by atoms with Crippen LogP contribution in [0.1, 0.15) is 0 Å². The zero-order valence-corrected chi connectivity index (χ0v) is 15.2. The molecular formula is H4Bi2Cl3NO3. The molecular weight excluding hydrogens is 586 g/mol. The van der Waals surface area contributed by atoms with Gasteiger partial charge in [-0.3, -0.25) is 0 Å². The molecule has 0 amide bonds. The van der Waals surface area contributed by atoms with Crippen LogP contribution in [0.25, 0.3) is 0 Å². The van der Waals surface area contributed by atoms with Gasteiger partial charge >= 0.3 is 69.9 Å². The molecule has 0 unspecified atom stereocenters. The van der Waals surface area contributed by atoms with Gasteiger partial charge < -0.3 is 5.21 Å². The van der Waals surface area contributed by atoms with E-state index in [1.54, 1.807) is 0 Å². The van der Waals surface area contributed by atoms with Gasteiger partial charge in [-0.05, 0) is 0 Å². The summed E-state index contributed by atoms with van der Waals surface area (Å²) in [4.78, 5) is 8.36. The fourth-order valence-corrected chi connectivity index (χ4v) is 0. The van der Waals surface area contributed by atoms with Gasteiger partial charge in [0.15, 0.2) is 0 Å². The average molecular weight is 590 g/mol. The Morgan fingerprint density at radius 1 is 1.44 bits per heavy atom. The van der Waals surface area contributed by atoms with Crippen LogP contribution in [0.2, 0.25) is 0 Å². The maximum absolute atomic E-state index is 8.36. The van der Waals surface area contributed by atoms with E-state index in [4.69, 9.17) is 40.9 Å². The van der Waals surface area contributed by atoms with Gasteiger partial charge in [-0.25, -0.2) is 0 Å². The topological polar surface area (TPSA) is 63.4 Å². The van der Waals surface area contributed by atoms with Crippen molar-refractivity contribution in [2.75, 3.05) is 0 Å². The van der Waals surface area contributed by atoms with E-state index in [0.29, 0.717) is 0 Å². The van der Waals surface area contributed by atoms with Crippen molar-refractivity contribution in [1.29, 1.82) is 0 Å². The Bertz CT molecular complexity index is 61.3. The molecule has 4 nitrogen and oxygen atoms in total. The fourth-order valence-electron chi connectivity index (χ4n) is 0. The number of hydrogen-bond donors (Lipinski definition) is 1. The quantitative estimate of drug-likeness (QED) is 0.249. The Balaban J connectivity index is -0.0000000720. The molecule has 0 atom stereocenters. The third kappa shape index (κ3) is 179. The molecule has 0 bridgehead atoms. The Kier molecular flexibility index (Phi) is 23.7. The first kappa shape index (κ1) is 17.1. The average Bonchev–Trinajstić information content (AvgIpc) is 1.25. The number of hydrogen-bond acceptors (Lipinski definition) is 2. The van der Waals surface area contributed by atoms with Crippen LogP contribution in [0.5, 0.6) is 0 Å². The molecule has 0 spiro atoms. The van der Waals surface area contributed by atoms with Crippen molar-refractivity contribution < 1.29 is 10.3 Å². The molecule has 0 aliphatic heterocycles. The van der Waals surface area contributed by atoms with Crippen molar-refractivity contribution in [1.82, 2.24) is 0 Å². The Morgan fingerprint density at radius 2 is 1.44 bits per heavy atom. The summed E-state index contributed by atoms with van der Waals surface area (Å²) in [7, 11) is 15.0. The van der Waals surface area contributed by atoms with Gasteiger partial charge in [-0.1, -0.05) is 0 Å². The summed E-state index contributed by atoms with van der Waals surface area (Å²) >= 11 is -2.18. The summed E-state index contributed by atoms with van der Waals surface area (Å²) < 4.78 is 0. The molecule has 0 aliphatic rings. The maximum atomic E-state index is 8.36. The molecule has 0 aromatic rings. The molecule has 9 heavy (non-hydrogen) atoms. The predicted molar refractivity (Wildman–Crippen MR) is 42.0 cm³/mol. The summed E-state index contributed by atoms with van der Waals surface area (Å²) in [6.45, 7) is 0. The summed E-state index contributed by atoms with van der Waals surface area (Å²) in [5.74, 6) is 0. The van der Waals surface area contributed by atoms with Crippen LogP contribution in [-0.4, -0.2) is 54.7 Å². The molecule has 0 aromatic heterocycles. The van der Waals surface area contributed by atoms with E-state index in [0.717, 1.165) is 0 Å². The van der Waals surface area contributed by atoms with Crippen LogP contribution in [0.15, 0.2) is 0 Å². The first-order chi connectivity index (χ1) is 3.46. The van der Waals surface area contributed by atoms with E-state index in [1.807, 2.05) is 0 Å². The van der Waals surface area contributed by atoms with Crippen molar-refractivity contribution in [3.05, 3.63) is 10.1 Å². The molecule has 0 radical (unpaired) electrons. The van der Waals surface area contributed by atoms with Gasteiger partial charge in [-0.2, -0.15) is 0 Å². The van der Waals surface area contributed by atoms with Crippen LogP contribution in [0.3, 0.4) is 0 Å². The SMILES string of the molecule is O=[N+]([O-])O.[BiH3].[Cl][Bi]([Cl])[Cl]. The van der Waals surface area contributed by atoms with Crippen molar-refractivity contribution in [3.63, 3.8) is 0 Å². The molecule has 0 saturated carbocycles. The minimum absolute atomic E-state index is 0. The normalized spacial score (nSPS) is 6.67. The van der Waals surface area contributed by atoms with E-state index >= 15 is 0 Å².